The maximum atomic E-state index is 12.2. The van der Waals surface area contributed by atoms with Crippen molar-refractivity contribution in [2.75, 3.05) is 32.9 Å². The Morgan fingerprint density at radius 2 is 1.91 bits per heavy atom. The van der Waals surface area contributed by atoms with E-state index in [1.807, 2.05) is 0 Å². The summed E-state index contributed by atoms with van der Waals surface area (Å²) in [6.45, 7) is 2.43. The third kappa shape index (κ3) is 3.49. The molecular formula is C15H17Cl2NO4. The molecule has 5 nitrogen and oxygen atoms in total. The van der Waals surface area contributed by atoms with Crippen LogP contribution >= 0.6 is 23.2 Å². The molecule has 0 atom stereocenters. The van der Waals surface area contributed by atoms with Crippen molar-refractivity contribution in [3.63, 3.8) is 0 Å². The van der Waals surface area contributed by atoms with E-state index in [9.17, 15) is 4.79 Å². The molecule has 22 heavy (non-hydrogen) atoms. The van der Waals surface area contributed by atoms with E-state index in [0.29, 0.717) is 54.9 Å². The highest BCUT2D eigenvalue weighted by molar-refractivity contribution is 6.35. The average Bonchev–Trinajstić information content (AvgIpc) is 2.95. The molecule has 1 amide bonds. The number of piperidine rings is 1. The zero-order valence-corrected chi connectivity index (χ0v) is 13.5. The number of hydrogen-bond donors (Lipinski definition) is 0. The third-order valence-corrected chi connectivity index (χ3v) is 4.47. The second-order valence-corrected chi connectivity index (χ2v) is 6.20. The molecule has 1 spiro atoms. The highest BCUT2D eigenvalue weighted by Crippen LogP contribution is 2.31. The molecule has 0 unspecified atom stereocenters. The number of carbonyl (C=O) groups excluding carboxylic acids is 1. The Hall–Kier alpha value is -1.01. The van der Waals surface area contributed by atoms with Crippen LogP contribution < -0.4 is 4.74 Å². The first-order valence-corrected chi connectivity index (χ1v) is 7.97. The van der Waals surface area contributed by atoms with E-state index in [2.05, 4.69) is 0 Å². The fraction of sp³-hybridized carbons (Fsp3) is 0.533. The second kappa shape index (κ2) is 6.62. The summed E-state index contributed by atoms with van der Waals surface area (Å²) >= 11 is 11.8. The van der Waals surface area contributed by atoms with Crippen LogP contribution in [0.3, 0.4) is 0 Å². The largest absolute Gasteiger partial charge is 0.482 e. The predicted octanol–water partition coefficient (Wildman–Crippen LogP) is 2.74. The average molecular weight is 346 g/mol. The standard InChI is InChI=1S/C15H17Cl2NO4/c16-11-1-2-13(12(17)9-11)20-10-14(19)18-5-3-15(4-6-18)21-7-8-22-15/h1-2,9H,3-8,10H2. The van der Waals surface area contributed by atoms with E-state index in [-0.39, 0.29) is 12.5 Å². The van der Waals surface area contributed by atoms with Gasteiger partial charge >= 0.3 is 0 Å². The van der Waals surface area contributed by atoms with Crippen molar-refractivity contribution >= 4 is 29.1 Å². The van der Waals surface area contributed by atoms with E-state index < -0.39 is 5.79 Å². The molecule has 0 N–H and O–H groups in total. The number of ether oxygens (including phenoxy) is 3. The van der Waals surface area contributed by atoms with Gasteiger partial charge in [0, 0.05) is 31.0 Å². The number of carbonyl (C=O) groups is 1. The Balaban J connectivity index is 1.50. The van der Waals surface area contributed by atoms with Gasteiger partial charge in [0.1, 0.15) is 5.75 Å². The van der Waals surface area contributed by atoms with Gasteiger partial charge in [0.25, 0.3) is 5.91 Å². The Morgan fingerprint density at radius 3 is 2.55 bits per heavy atom. The second-order valence-electron chi connectivity index (χ2n) is 5.35. The fourth-order valence-electron chi connectivity index (χ4n) is 2.71. The van der Waals surface area contributed by atoms with Crippen LogP contribution in [0, 0.1) is 0 Å². The molecular weight excluding hydrogens is 329 g/mol. The lowest BCUT2D eigenvalue weighted by molar-refractivity contribution is -0.187. The molecule has 2 aliphatic rings. The van der Waals surface area contributed by atoms with Gasteiger partial charge in [0.2, 0.25) is 0 Å². The van der Waals surface area contributed by atoms with Gasteiger partial charge in [-0.1, -0.05) is 23.2 Å². The zero-order valence-electron chi connectivity index (χ0n) is 12.0. The molecule has 0 aromatic heterocycles. The van der Waals surface area contributed by atoms with Crippen molar-refractivity contribution in [2.45, 2.75) is 18.6 Å². The summed E-state index contributed by atoms with van der Waals surface area (Å²) in [5.41, 5.74) is 0. The Labute approximate surface area is 139 Å². The van der Waals surface area contributed by atoms with E-state index >= 15 is 0 Å². The Morgan fingerprint density at radius 1 is 1.23 bits per heavy atom. The van der Waals surface area contributed by atoms with E-state index in [4.69, 9.17) is 37.4 Å². The molecule has 1 aromatic rings. The highest BCUT2D eigenvalue weighted by atomic mass is 35.5. The third-order valence-electron chi connectivity index (χ3n) is 3.94. The summed E-state index contributed by atoms with van der Waals surface area (Å²) in [6.07, 6.45) is 1.39. The van der Waals surface area contributed by atoms with Gasteiger partial charge in [-0.25, -0.2) is 0 Å². The summed E-state index contributed by atoms with van der Waals surface area (Å²) in [5.74, 6) is -0.0915. The molecule has 0 saturated carbocycles. The maximum absolute atomic E-state index is 12.2. The van der Waals surface area contributed by atoms with Crippen LogP contribution in [0.1, 0.15) is 12.8 Å². The minimum atomic E-state index is -0.475. The maximum Gasteiger partial charge on any atom is 0.260 e. The van der Waals surface area contributed by atoms with Crippen molar-refractivity contribution in [3.8, 4) is 5.75 Å². The lowest BCUT2D eigenvalue weighted by Gasteiger charge is -2.37. The molecule has 120 valence electrons. The van der Waals surface area contributed by atoms with Gasteiger partial charge < -0.3 is 19.1 Å². The van der Waals surface area contributed by atoms with Crippen molar-refractivity contribution in [3.05, 3.63) is 28.2 Å². The molecule has 2 aliphatic heterocycles. The van der Waals surface area contributed by atoms with Crippen LogP contribution in [0.15, 0.2) is 18.2 Å². The predicted molar refractivity (Wildman–Crippen MR) is 82.4 cm³/mol. The van der Waals surface area contributed by atoms with Crippen LogP contribution in [0.25, 0.3) is 0 Å². The summed E-state index contributed by atoms with van der Waals surface area (Å²) in [4.78, 5) is 14.0. The number of halogens is 2. The molecule has 7 heteroatoms. The number of hydrogen-bond acceptors (Lipinski definition) is 4. The number of nitrogens with zero attached hydrogens (tertiary/aromatic N) is 1. The molecule has 1 aromatic carbocycles. The minimum Gasteiger partial charge on any atom is -0.482 e. The summed E-state index contributed by atoms with van der Waals surface area (Å²) < 4.78 is 16.8. The fourth-order valence-corrected chi connectivity index (χ4v) is 3.17. The first kappa shape index (κ1) is 15.9. The van der Waals surface area contributed by atoms with E-state index in [1.165, 1.54) is 0 Å². The monoisotopic (exact) mass is 345 g/mol. The number of likely N-dealkylation sites (tertiary alicyclic amines) is 1. The van der Waals surface area contributed by atoms with Gasteiger partial charge in [-0.15, -0.1) is 0 Å². The van der Waals surface area contributed by atoms with Crippen molar-refractivity contribution in [1.82, 2.24) is 4.90 Å². The van der Waals surface area contributed by atoms with Crippen LogP contribution in [0.4, 0.5) is 0 Å². The quantitative estimate of drug-likeness (QED) is 0.845. The molecule has 3 rings (SSSR count). The minimum absolute atomic E-state index is 0.0456. The number of rotatable bonds is 3. The lowest BCUT2D eigenvalue weighted by atomic mass is 10.0. The highest BCUT2D eigenvalue weighted by Gasteiger charge is 2.40. The number of benzene rings is 1. The van der Waals surface area contributed by atoms with Gasteiger partial charge in [-0.05, 0) is 18.2 Å². The molecule has 2 fully saturated rings. The van der Waals surface area contributed by atoms with Crippen molar-refractivity contribution < 1.29 is 19.0 Å². The van der Waals surface area contributed by atoms with Crippen LogP contribution in [0.5, 0.6) is 5.75 Å². The van der Waals surface area contributed by atoms with Crippen LogP contribution in [-0.4, -0.2) is 49.5 Å². The van der Waals surface area contributed by atoms with Gasteiger partial charge in [-0.2, -0.15) is 0 Å². The summed E-state index contributed by atoms with van der Waals surface area (Å²) in [5, 5.41) is 0.923. The molecule has 0 bridgehead atoms. The Bertz CT molecular complexity index is 550. The normalized spacial score (nSPS) is 20.4. The summed E-state index contributed by atoms with van der Waals surface area (Å²) in [6, 6.07) is 4.92. The van der Waals surface area contributed by atoms with Crippen molar-refractivity contribution in [2.24, 2.45) is 0 Å². The molecule has 2 saturated heterocycles. The molecule has 0 aliphatic carbocycles. The lowest BCUT2D eigenvalue weighted by Crippen LogP contribution is -2.48. The number of amides is 1. The first-order valence-electron chi connectivity index (χ1n) is 7.22. The zero-order chi connectivity index (χ0) is 15.6. The van der Waals surface area contributed by atoms with Gasteiger partial charge in [0.15, 0.2) is 12.4 Å². The van der Waals surface area contributed by atoms with E-state index in [1.54, 1.807) is 23.1 Å². The molecule has 2 heterocycles. The van der Waals surface area contributed by atoms with E-state index in [0.717, 1.165) is 0 Å². The Kier molecular flexibility index (Phi) is 4.78. The van der Waals surface area contributed by atoms with Gasteiger partial charge in [-0.3, -0.25) is 4.79 Å². The van der Waals surface area contributed by atoms with Crippen LogP contribution in [-0.2, 0) is 14.3 Å². The molecule has 0 radical (unpaired) electrons. The van der Waals surface area contributed by atoms with Gasteiger partial charge in [0.05, 0.1) is 18.2 Å². The topological polar surface area (TPSA) is 48.0 Å². The van der Waals surface area contributed by atoms with Crippen molar-refractivity contribution in [1.29, 1.82) is 0 Å². The van der Waals surface area contributed by atoms with Crippen LogP contribution in [0.2, 0.25) is 10.0 Å². The smallest absolute Gasteiger partial charge is 0.260 e. The first-order chi connectivity index (χ1) is 10.6. The SMILES string of the molecule is O=C(COc1ccc(Cl)cc1Cl)N1CCC2(CC1)OCCO2. The summed E-state index contributed by atoms with van der Waals surface area (Å²) in [7, 11) is 0.